The summed E-state index contributed by atoms with van der Waals surface area (Å²) < 4.78 is 26.6. The number of nitrogens with one attached hydrogen (secondary N) is 2. The molecule has 0 aromatic heterocycles. The highest BCUT2D eigenvalue weighted by Crippen LogP contribution is 2.23. The molecule has 1 aliphatic carbocycles. The zero-order chi connectivity index (χ0) is 13.8. The maximum absolute atomic E-state index is 13.4. The van der Waals surface area contributed by atoms with E-state index in [1.807, 2.05) is 0 Å². The minimum atomic E-state index is -0.782. The van der Waals surface area contributed by atoms with Crippen LogP contribution in [0.3, 0.4) is 0 Å². The Kier molecular flexibility index (Phi) is 4.87. The van der Waals surface area contributed by atoms with Crippen LogP contribution in [0.5, 0.6) is 0 Å². The van der Waals surface area contributed by atoms with Crippen molar-refractivity contribution < 1.29 is 13.6 Å². The second-order valence-electron chi connectivity index (χ2n) is 4.66. The third-order valence-electron chi connectivity index (χ3n) is 3.19. The Morgan fingerprint density at radius 2 is 1.95 bits per heavy atom. The van der Waals surface area contributed by atoms with Gasteiger partial charge in [0.1, 0.15) is 11.6 Å². The SMILES string of the molecule is O=C(CNC1CCCC1)Nc1cc(Br)c(F)cc1F. The molecule has 0 atom stereocenters. The average Bonchev–Trinajstić information content (AvgIpc) is 2.86. The lowest BCUT2D eigenvalue weighted by Gasteiger charge is -2.12. The zero-order valence-corrected chi connectivity index (χ0v) is 11.9. The second kappa shape index (κ2) is 6.43. The number of rotatable bonds is 4. The molecule has 0 aliphatic heterocycles. The molecule has 0 unspecified atom stereocenters. The van der Waals surface area contributed by atoms with Crippen molar-refractivity contribution in [1.82, 2.24) is 5.32 Å². The Bertz CT molecular complexity index is 476. The van der Waals surface area contributed by atoms with Crippen LogP contribution < -0.4 is 10.6 Å². The van der Waals surface area contributed by atoms with E-state index in [1.165, 1.54) is 18.9 Å². The lowest BCUT2D eigenvalue weighted by Crippen LogP contribution is -2.34. The fraction of sp³-hybridized carbons (Fsp3) is 0.462. The molecule has 3 nitrogen and oxygen atoms in total. The van der Waals surface area contributed by atoms with Crippen LogP contribution in [0.1, 0.15) is 25.7 Å². The van der Waals surface area contributed by atoms with Crippen LogP contribution in [0.15, 0.2) is 16.6 Å². The van der Waals surface area contributed by atoms with Gasteiger partial charge in [-0.05, 0) is 34.8 Å². The molecule has 0 saturated heterocycles. The number of carbonyl (C=O) groups excluding carboxylic acids is 1. The van der Waals surface area contributed by atoms with Crippen molar-refractivity contribution >= 4 is 27.5 Å². The molecule has 0 bridgehead atoms. The quantitative estimate of drug-likeness (QED) is 0.831. The van der Waals surface area contributed by atoms with Crippen molar-refractivity contribution in [3.63, 3.8) is 0 Å². The molecule has 1 saturated carbocycles. The normalized spacial score (nSPS) is 15.7. The predicted molar refractivity (Wildman–Crippen MR) is 72.9 cm³/mol. The third kappa shape index (κ3) is 3.98. The first-order valence-corrected chi connectivity index (χ1v) is 7.03. The molecular weight excluding hydrogens is 318 g/mol. The molecule has 0 radical (unpaired) electrons. The molecule has 104 valence electrons. The summed E-state index contributed by atoms with van der Waals surface area (Å²) in [4.78, 5) is 11.7. The minimum absolute atomic E-state index is 0.0218. The summed E-state index contributed by atoms with van der Waals surface area (Å²) in [5.41, 5.74) is -0.0218. The van der Waals surface area contributed by atoms with E-state index < -0.39 is 11.6 Å². The van der Waals surface area contributed by atoms with E-state index in [-0.39, 0.29) is 22.6 Å². The van der Waals surface area contributed by atoms with E-state index in [4.69, 9.17) is 0 Å². The number of amides is 1. The van der Waals surface area contributed by atoms with Gasteiger partial charge in [0.15, 0.2) is 0 Å². The van der Waals surface area contributed by atoms with Gasteiger partial charge in [-0.1, -0.05) is 12.8 Å². The largest absolute Gasteiger partial charge is 0.322 e. The summed E-state index contributed by atoms with van der Waals surface area (Å²) in [7, 11) is 0. The highest BCUT2D eigenvalue weighted by atomic mass is 79.9. The Morgan fingerprint density at radius 3 is 2.63 bits per heavy atom. The fourth-order valence-corrected chi connectivity index (χ4v) is 2.52. The maximum atomic E-state index is 13.4. The molecule has 19 heavy (non-hydrogen) atoms. The van der Waals surface area contributed by atoms with E-state index in [9.17, 15) is 13.6 Å². The number of halogens is 3. The van der Waals surface area contributed by atoms with Crippen LogP contribution in [-0.4, -0.2) is 18.5 Å². The number of anilines is 1. The predicted octanol–water partition coefficient (Wildman–Crippen LogP) is 3.20. The summed E-state index contributed by atoms with van der Waals surface area (Å²) in [5.74, 6) is -1.81. The van der Waals surface area contributed by atoms with Crippen molar-refractivity contribution in [3.05, 3.63) is 28.2 Å². The molecule has 0 spiro atoms. The lowest BCUT2D eigenvalue weighted by atomic mass is 10.2. The third-order valence-corrected chi connectivity index (χ3v) is 3.80. The summed E-state index contributed by atoms with van der Waals surface area (Å²) in [6.45, 7) is 0.138. The highest BCUT2D eigenvalue weighted by molar-refractivity contribution is 9.10. The Hall–Kier alpha value is -1.01. The topological polar surface area (TPSA) is 41.1 Å². The summed E-state index contributed by atoms with van der Waals surface area (Å²) in [6.07, 6.45) is 4.51. The maximum Gasteiger partial charge on any atom is 0.238 e. The van der Waals surface area contributed by atoms with E-state index >= 15 is 0 Å². The molecular formula is C13H15BrF2N2O. The molecule has 0 heterocycles. The van der Waals surface area contributed by atoms with Gasteiger partial charge in [-0.3, -0.25) is 4.79 Å². The Labute approximate surface area is 118 Å². The van der Waals surface area contributed by atoms with E-state index in [1.54, 1.807) is 0 Å². The molecule has 1 aromatic rings. The lowest BCUT2D eigenvalue weighted by molar-refractivity contribution is -0.115. The van der Waals surface area contributed by atoms with Crippen molar-refractivity contribution in [1.29, 1.82) is 0 Å². The van der Waals surface area contributed by atoms with Gasteiger partial charge < -0.3 is 10.6 Å². The first-order valence-electron chi connectivity index (χ1n) is 6.24. The van der Waals surface area contributed by atoms with Crippen LogP contribution in [0.2, 0.25) is 0 Å². The molecule has 1 aromatic carbocycles. The zero-order valence-electron chi connectivity index (χ0n) is 10.3. The van der Waals surface area contributed by atoms with Crippen molar-refractivity contribution in [2.24, 2.45) is 0 Å². The molecule has 6 heteroatoms. The van der Waals surface area contributed by atoms with Gasteiger partial charge >= 0.3 is 0 Å². The molecule has 1 amide bonds. The van der Waals surface area contributed by atoms with Crippen molar-refractivity contribution in [2.45, 2.75) is 31.7 Å². The summed E-state index contributed by atoms with van der Waals surface area (Å²) in [5, 5.41) is 5.56. The Morgan fingerprint density at radius 1 is 1.26 bits per heavy atom. The van der Waals surface area contributed by atoms with Gasteiger partial charge in [0.05, 0.1) is 16.7 Å². The minimum Gasteiger partial charge on any atom is -0.322 e. The fourth-order valence-electron chi connectivity index (χ4n) is 2.18. The van der Waals surface area contributed by atoms with Gasteiger partial charge in [-0.15, -0.1) is 0 Å². The number of carbonyl (C=O) groups is 1. The van der Waals surface area contributed by atoms with Gasteiger partial charge in [-0.2, -0.15) is 0 Å². The van der Waals surface area contributed by atoms with Gasteiger partial charge in [0.2, 0.25) is 5.91 Å². The van der Waals surface area contributed by atoms with Crippen LogP contribution in [0, 0.1) is 11.6 Å². The summed E-state index contributed by atoms with van der Waals surface area (Å²) in [6, 6.07) is 2.33. The van der Waals surface area contributed by atoms with Gasteiger partial charge in [-0.25, -0.2) is 8.78 Å². The first-order chi connectivity index (χ1) is 9.06. The van der Waals surface area contributed by atoms with Crippen LogP contribution >= 0.6 is 15.9 Å². The first kappa shape index (κ1) is 14.4. The summed E-state index contributed by atoms with van der Waals surface area (Å²) >= 11 is 2.95. The molecule has 2 N–H and O–H groups in total. The van der Waals surface area contributed by atoms with Gasteiger partial charge in [0, 0.05) is 12.1 Å². The van der Waals surface area contributed by atoms with E-state index in [2.05, 4.69) is 26.6 Å². The standard InChI is InChI=1S/C13H15BrF2N2O/c14-9-5-12(11(16)6-10(9)15)18-13(19)7-17-8-3-1-2-4-8/h5-6,8,17H,1-4,7H2,(H,18,19). The van der Waals surface area contributed by atoms with Crippen molar-refractivity contribution in [3.8, 4) is 0 Å². The Balaban J connectivity index is 1.89. The number of benzene rings is 1. The monoisotopic (exact) mass is 332 g/mol. The highest BCUT2D eigenvalue weighted by Gasteiger charge is 2.16. The van der Waals surface area contributed by atoms with E-state index in [0.717, 1.165) is 18.9 Å². The number of hydrogen-bond donors (Lipinski definition) is 2. The van der Waals surface area contributed by atoms with Crippen LogP contribution in [-0.2, 0) is 4.79 Å². The number of hydrogen-bond acceptors (Lipinski definition) is 2. The molecule has 1 aliphatic rings. The average molecular weight is 333 g/mol. The molecule has 1 fully saturated rings. The van der Waals surface area contributed by atoms with Crippen molar-refractivity contribution in [2.75, 3.05) is 11.9 Å². The van der Waals surface area contributed by atoms with Crippen LogP contribution in [0.25, 0.3) is 0 Å². The smallest absolute Gasteiger partial charge is 0.238 e. The van der Waals surface area contributed by atoms with Crippen LogP contribution in [0.4, 0.5) is 14.5 Å². The van der Waals surface area contributed by atoms with E-state index in [0.29, 0.717) is 6.04 Å². The molecule has 2 rings (SSSR count). The second-order valence-corrected chi connectivity index (χ2v) is 5.51. The van der Waals surface area contributed by atoms with Gasteiger partial charge in [0.25, 0.3) is 0 Å².